The summed E-state index contributed by atoms with van der Waals surface area (Å²) in [6.07, 6.45) is -3.09. The Labute approximate surface area is 129 Å². The summed E-state index contributed by atoms with van der Waals surface area (Å²) >= 11 is 0. The lowest BCUT2D eigenvalue weighted by Gasteiger charge is -2.09. The van der Waals surface area contributed by atoms with E-state index in [1.54, 1.807) is 0 Å². The molecule has 1 aromatic heterocycles. The third-order valence-corrected chi connectivity index (χ3v) is 3.22. The Kier molecular flexibility index (Phi) is 4.44. The van der Waals surface area contributed by atoms with E-state index in [1.807, 2.05) is 0 Å². The lowest BCUT2D eigenvalue weighted by atomic mass is 10.1. The fourth-order valence-electron chi connectivity index (χ4n) is 1.89. The van der Waals surface area contributed by atoms with Crippen molar-refractivity contribution < 1.29 is 23.1 Å². The third kappa shape index (κ3) is 3.71. The molecule has 0 aliphatic heterocycles. The first-order valence-corrected chi connectivity index (χ1v) is 6.53. The highest BCUT2D eigenvalue weighted by molar-refractivity contribution is 5.96. The van der Waals surface area contributed by atoms with Gasteiger partial charge in [-0.1, -0.05) is 12.1 Å². The van der Waals surface area contributed by atoms with Crippen LogP contribution < -0.4 is 10.9 Å². The third-order valence-electron chi connectivity index (χ3n) is 3.22. The number of alkyl halides is 3. The summed E-state index contributed by atoms with van der Waals surface area (Å²) in [7, 11) is 1.42. The predicted molar refractivity (Wildman–Crippen MR) is 76.0 cm³/mol. The van der Waals surface area contributed by atoms with Crippen molar-refractivity contribution in [3.05, 3.63) is 63.6 Å². The van der Waals surface area contributed by atoms with Crippen molar-refractivity contribution in [3.8, 4) is 5.75 Å². The topological polar surface area (TPSA) is 71.3 Å². The number of nitrogens with zero attached hydrogens (tertiary/aromatic N) is 1. The van der Waals surface area contributed by atoms with Gasteiger partial charge in [-0.2, -0.15) is 13.2 Å². The van der Waals surface area contributed by atoms with Gasteiger partial charge < -0.3 is 15.0 Å². The molecule has 2 aromatic rings. The van der Waals surface area contributed by atoms with Crippen molar-refractivity contribution in [1.29, 1.82) is 0 Å². The summed E-state index contributed by atoms with van der Waals surface area (Å²) in [5.74, 6) is -1.37. The molecule has 0 fully saturated rings. The second kappa shape index (κ2) is 6.15. The van der Waals surface area contributed by atoms with Crippen molar-refractivity contribution in [3.63, 3.8) is 0 Å². The van der Waals surface area contributed by atoms with Crippen molar-refractivity contribution in [2.24, 2.45) is 7.05 Å². The molecule has 8 heteroatoms. The Hall–Kier alpha value is -2.77. The van der Waals surface area contributed by atoms with E-state index in [0.29, 0.717) is 5.56 Å². The molecule has 2 N–H and O–H groups in total. The Bertz CT molecular complexity index is 780. The number of aromatic hydroxyl groups is 1. The van der Waals surface area contributed by atoms with Crippen LogP contribution in [0.15, 0.2) is 41.3 Å². The van der Waals surface area contributed by atoms with Gasteiger partial charge in [0, 0.05) is 19.8 Å². The molecule has 1 heterocycles. The molecular weight excluding hydrogens is 313 g/mol. The number of aromatic nitrogens is 1. The van der Waals surface area contributed by atoms with Crippen molar-refractivity contribution in [1.82, 2.24) is 9.88 Å². The molecule has 1 amide bonds. The number of rotatable bonds is 3. The summed E-state index contributed by atoms with van der Waals surface area (Å²) in [5.41, 5.74) is -1.24. The Morgan fingerprint density at radius 3 is 2.39 bits per heavy atom. The van der Waals surface area contributed by atoms with Crippen LogP contribution in [0, 0.1) is 0 Å². The van der Waals surface area contributed by atoms with E-state index in [4.69, 9.17) is 0 Å². The number of pyridine rings is 1. The van der Waals surface area contributed by atoms with Gasteiger partial charge in [0.15, 0.2) is 5.75 Å². The molecule has 0 aliphatic carbocycles. The van der Waals surface area contributed by atoms with Gasteiger partial charge in [-0.15, -0.1) is 0 Å². The van der Waals surface area contributed by atoms with E-state index < -0.39 is 29.0 Å². The van der Waals surface area contributed by atoms with Crippen LogP contribution in [0.25, 0.3) is 0 Å². The number of halogens is 3. The van der Waals surface area contributed by atoms with Gasteiger partial charge in [0.05, 0.1) is 11.1 Å². The average molecular weight is 326 g/mol. The molecule has 0 bridgehead atoms. The number of hydrogen-bond donors (Lipinski definition) is 2. The minimum absolute atomic E-state index is 0.0361. The van der Waals surface area contributed by atoms with Gasteiger partial charge >= 0.3 is 6.18 Å². The van der Waals surface area contributed by atoms with Crippen LogP contribution in [0.1, 0.15) is 21.5 Å². The average Bonchev–Trinajstić information content (AvgIpc) is 2.50. The van der Waals surface area contributed by atoms with E-state index in [-0.39, 0.29) is 12.1 Å². The zero-order valence-corrected chi connectivity index (χ0v) is 12.0. The Morgan fingerprint density at radius 2 is 1.83 bits per heavy atom. The zero-order chi connectivity index (χ0) is 17.2. The number of hydrogen-bond acceptors (Lipinski definition) is 3. The monoisotopic (exact) mass is 326 g/mol. The lowest BCUT2D eigenvalue weighted by molar-refractivity contribution is -0.137. The van der Waals surface area contributed by atoms with E-state index in [9.17, 15) is 27.9 Å². The van der Waals surface area contributed by atoms with E-state index in [1.165, 1.54) is 31.4 Å². The smallest absolute Gasteiger partial charge is 0.416 e. The summed E-state index contributed by atoms with van der Waals surface area (Å²) in [6, 6.07) is 5.59. The maximum absolute atomic E-state index is 12.4. The molecule has 0 radical (unpaired) electrons. The molecule has 0 unspecified atom stereocenters. The predicted octanol–water partition coefficient (Wildman–Crippen LogP) is 2.04. The first-order valence-electron chi connectivity index (χ1n) is 6.53. The first kappa shape index (κ1) is 16.6. The van der Waals surface area contributed by atoms with Gasteiger partial charge in [0.1, 0.15) is 0 Å². The molecule has 0 spiro atoms. The minimum atomic E-state index is -4.42. The van der Waals surface area contributed by atoms with Gasteiger partial charge in [0.25, 0.3) is 11.5 Å². The second-order valence-electron chi connectivity index (χ2n) is 4.87. The number of amides is 1. The molecular formula is C15H13F3N2O3. The molecule has 0 atom stereocenters. The summed E-state index contributed by atoms with van der Waals surface area (Å²) < 4.78 is 38.4. The maximum atomic E-state index is 12.4. The van der Waals surface area contributed by atoms with Crippen LogP contribution in [0.4, 0.5) is 13.2 Å². The fraction of sp³-hybridized carbons (Fsp3) is 0.200. The van der Waals surface area contributed by atoms with Crippen molar-refractivity contribution in [2.75, 3.05) is 0 Å². The van der Waals surface area contributed by atoms with E-state index in [2.05, 4.69) is 5.32 Å². The van der Waals surface area contributed by atoms with Crippen LogP contribution in [0.2, 0.25) is 0 Å². The molecule has 5 nitrogen and oxygen atoms in total. The molecule has 1 aromatic carbocycles. The maximum Gasteiger partial charge on any atom is 0.416 e. The normalized spacial score (nSPS) is 11.3. The Morgan fingerprint density at radius 1 is 1.22 bits per heavy atom. The van der Waals surface area contributed by atoms with Gasteiger partial charge in [-0.05, 0) is 23.8 Å². The quantitative estimate of drug-likeness (QED) is 0.907. The lowest BCUT2D eigenvalue weighted by Crippen LogP contribution is -2.26. The van der Waals surface area contributed by atoms with E-state index >= 15 is 0 Å². The highest BCUT2D eigenvalue weighted by atomic mass is 19.4. The Balaban J connectivity index is 2.08. The molecule has 0 aliphatic rings. The van der Waals surface area contributed by atoms with Crippen molar-refractivity contribution in [2.45, 2.75) is 12.7 Å². The number of benzene rings is 1. The fourth-order valence-corrected chi connectivity index (χ4v) is 1.89. The summed E-state index contributed by atoms with van der Waals surface area (Å²) in [4.78, 5) is 23.5. The zero-order valence-electron chi connectivity index (χ0n) is 12.0. The molecule has 0 saturated carbocycles. The second-order valence-corrected chi connectivity index (χ2v) is 4.87. The largest absolute Gasteiger partial charge is 0.502 e. The molecule has 23 heavy (non-hydrogen) atoms. The van der Waals surface area contributed by atoms with Crippen LogP contribution in [-0.2, 0) is 19.8 Å². The number of nitrogens with one attached hydrogen (secondary N) is 1. The van der Waals surface area contributed by atoms with Crippen LogP contribution in [0.3, 0.4) is 0 Å². The number of carbonyl (C=O) groups excluding carboxylic acids is 1. The van der Waals surface area contributed by atoms with Gasteiger partial charge in [0.2, 0.25) is 0 Å². The minimum Gasteiger partial charge on any atom is -0.502 e. The number of aryl methyl sites for hydroxylation is 1. The van der Waals surface area contributed by atoms with Crippen LogP contribution in [-0.4, -0.2) is 15.6 Å². The molecule has 2 rings (SSSR count). The first-order chi connectivity index (χ1) is 10.7. The highest BCUT2D eigenvalue weighted by Crippen LogP contribution is 2.29. The van der Waals surface area contributed by atoms with Crippen LogP contribution >= 0.6 is 0 Å². The number of carbonyl (C=O) groups is 1. The molecule has 0 saturated heterocycles. The van der Waals surface area contributed by atoms with Crippen molar-refractivity contribution >= 4 is 5.91 Å². The van der Waals surface area contributed by atoms with E-state index in [0.717, 1.165) is 16.7 Å². The summed E-state index contributed by atoms with van der Waals surface area (Å²) in [5, 5.41) is 12.1. The molecule has 122 valence electrons. The summed E-state index contributed by atoms with van der Waals surface area (Å²) in [6.45, 7) is -0.0361. The highest BCUT2D eigenvalue weighted by Gasteiger charge is 2.29. The van der Waals surface area contributed by atoms with Gasteiger partial charge in [-0.25, -0.2) is 0 Å². The SMILES string of the molecule is Cn1ccc(C(=O)NCc2ccc(C(F)(F)F)cc2)c(O)c1=O. The van der Waals surface area contributed by atoms with Crippen LogP contribution in [0.5, 0.6) is 5.75 Å². The standard InChI is InChI=1S/C15H13F3N2O3/c1-20-7-6-11(12(21)14(20)23)13(22)19-8-9-2-4-10(5-3-9)15(16,17)18/h2-7,21H,8H2,1H3,(H,19,22). The van der Waals surface area contributed by atoms with Gasteiger partial charge in [-0.3, -0.25) is 9.59 Å².